The summed E-state index contributed by atoms with van der Waals surface area (Å²) in [5, 5.41) is 17.5. The molecule has 4 aromatic rings. The molecule has 1 heterocycles. The number of carboxylic acid groups (broad SMARTS) is 1. The SMILES string of the molecule is CS(=N)(=O)c1ccc(-c2ccc(-c3cc4c(CCC(=O)O)n[nH]c4cc3Cl)cc2)cc1. The molecule has 8 heteroatoms. The van der Waals surface area contributed by atoms with Crippen LogP contribution in [-0.2, 0) is 20.9 Å². The molecule has 0 aliphatic carbocycles. The van der Waals surface area contributed by atoms with Crippen LogP contribution in [0.3, 0.4) is 0 Å². The maximum atomic E-state index is 11.9. The zero-order valence-electron chi connectivity index (χ0n) is 16.7. The van der Waals surface area contributed by atoms with E-state index in [4.69, 9.17) is 21.5 Å². The molecule has 0 spiro atoms. The molecule has 1 aromatic heterocycles. The third-order valence-electron chi connectivity index (χ3n) is 5.14. The molecule has 0 radical (unpaired) electrons. The van der Waals surface area contributed by atoms with Crippen LogP contribution in [-0.4, -0.2) is 31.7 Å². The van der Waals surface area contributed by atoms with Crippen molar-refractivity contribution in [1.29, 1.82) is 4.78 Å². The van der Waals surface area contributed by atoms with Gasteiger partial charge in [-0.25, -0.2) is 8.99 Å². The van der Waals surface area contributed by atoms with Gasteiger partial charge in [0.05, 0.1) is 32.4 Å². The number of H-pyrrole nitrogens is 1. The van der Waals surface area contributed by atoms with Crippen molar-refractivity contribution in [3.63, 3.8) is 0 Å². The Morgan fingerprint density at radius 2 is 1.65 bits per heavy atom. The lowest BCUT2D eigenvalue weighted by atomic mass is 9.98. The van der Waals surface area contributed by atoms with Crippen molar-refractivity contribution in [2.45, 2.75) is 17.7 Å². The predicted octanol–water partition coefficient (Wildman–Crippen LogP) is 5.60. The summed E-state index contributed by atoms with van der Waals surface area (Å²) in [5.74, 6) is -0.863. The highest BCUT2D eigenvalue weighted by atomic mass is 35.5. The van der Waals surface area contributed by atoms with E-state index in [1.54, 1.807) is 18.2 Å². The second-order valence-corrected chi connectivity index (χ2v) is 9.95. The van der Waals surface area contributed by atoms with Crippen molar-refractivity contribution in [3.05, 3.63) is 71.4 Å². The third-order valence-corrected chi connectivity index (χ3v) is 6.62. The fourth-order valence-electron chi connectivity index (χ4n) is 3.48. The topological polar surface area (TPSA) is 107 Å². The molecule has 1 atom stereocenters. The average molecular weight is 454 g/mol. The maximum Gasteiger partial charge on any atom is 0.303 e. The summed E-state index contributed by atoms with van der Waals surface area (Å²) in [6.07, 6.45) is 1.76. The van der Waals surface area contributed by atoms with Crippen LogP contribution in [0.25, 0.3) is 33.2 Å². The normalized spacial score (nSPS) is 13.2. The van der Waals surface area contributed by atoms with Crippen LogP contribution >= 0.6 is 11.6 Å². The van der Waals surface area contributed by atoms with Crippen LogP contribution in [0, 0.1) is 4.78 Å². The zero-order valence-corrected chi connectivity index (χ0v) is 18.3. The quantitative estimate of drug-likeness (QED) is 0.353. The van der Waals surface area contributed by atoms with Gasteiger partial charge in [0.25, 0.3) is 0 Å². The zero-order chi connectivity index (χ0) is 22.2. The Balaban J connectivity index is 1.66. The number of hydrogen-bond donors (Lipinski definition) is 3. The Bertz CT molecular complexity index is 1380. The van der Waals surface area contributed by atoms with E-state index in [1.807, 2.05) is 42.5 Å². The predicted molar refractivity (Wildman–Crippen MR) is 123 cm³/mol. The molecule has 0 saturated heterocycles. The fraction of sp³-hybridized carbons (Fsp3) is 0.130. The summed E-state index contributed by atoms with van der Waals surface area (Å²) in [6.45, 7) is 0. The van der Waals surface area contributed by atoms with Crippen molar-refractivity contribution in [2.24, 2.45) is 0 Å². The first-order valence-corrected chi connectivity index (χ1v) is 11.9. The summed E-state index contributed by atoms with van der Waals surface area (Å²) in [6, 6.07) is 18.8. The number of aliphatic carboxylic acids is 1. The van der Waals surface area contributed by atoms with E-state index < -0.39 is 15.7 Å². The van der Waals surface area contributed by atoms with Crippen molar-refractivity contribution >= 4 is 38.2 Å². The molecule has 3 aromatic carbocycles. The average Bonchev–Trinajstić information content (AvgIpc) is 3.13. The van der Waals surface area contributed by atoms with Crippen molar-refractivity contribution in [1.82, 2.24) is 10.2 Å². The Morgan fingerprint density at radius 1 is 1.06 bits per heavy atom. The lowest BCUT2D eigenvalue weighted by Crippen LogP contribution is -1.98. The molecular formula is C23H20ClN3O3S. The highest BCUT2D eigenvalue weighted by Gasteiger charge is 2.13. The van der Waals surface area contributed by atoms with E-state index in [0.29, 0.717) is 22.0 Å². The molecule has 31 heavy (non-hydrogen) atoms. The van der Waals surface area contributed by atoms with Crippen LogP contribution in [0.1, 0.15) is 12.1 Å². The molecule has 1 unspecified atom stereocenters. The molecule has 6 nitrogen and oxygen atoms in total. The second-order valence-electron chi connectivity index (χ2n) is 7.39. The van der Waals surface area contributed by atoms with E-state index in [-0.39, 0.29) is 6.42 Å². The number of nitrogens with zero attached hydrogens (tertiary/aromatic N) is 1. The number of hydrogen-bond acceptors (Lipinski definition) is 4. The van der Waals surface area contributed by atoms with Gasteiger partial charge in [0, 0.05) is 28.5 Å². The molecule has 0 aliphatic rings. The molecule has 3 N–H and O–H groups in total. The number of aromatic nitrogens is 2. The van der Waals surface area contributed by atoms with Gasteiger partial charge in [-0.05, 0) is 41.0 Å². The number of carbonyl (C=O) groups is 1. The lowest BCUT2D eigenvalue weighted by Gasteiger charge is -2.08. The Kier molecular flexibility index (Phi) is 5.56. The molecule has 0 aliphatic heterocycles. The maximum absolute atomic E-state index is 11.9. The first kappa shape index (κ1) is 21.1. The second kappa shape index (κ2) is 8.17. The molecule has 0 saturated carbocycles. The van der Waals surface area contributed by atoms with Gasteiger partial charge in [-0.3, -0.25) is 9.89 Å². The molecule has 4 rings (SSSR count). The van der Waals surface area contributed by atoms with E-state index >= 15 is 0 Å². The van der Waals surface area contributed by atoms with E-state index in [2.05, 4.69) is 10.2 Å². The molecule has 158 valence electrons. The van der Waals surface area contributed by atoms with Crippen molar-refractivity contribution < 1.29 is 14.1 Å². The van der Waals surface area contributed by atoms with Crippen LogP contribution in [0.5, 0.6) is 0 Å². The van der Waals surface area contributed by atoms with Crippen LogP contribution in [0.15, 0.2) is 65.6 Å². The number of aryl methyl sites for hydroxylation is 1. The van der Waals surface area contributed by atoms with Gasteiger partial charge in [-0.1, -0.05) is 48.0 Å². The standard InChI is InChI=1S/C23H20ClN3O3S/c1-31(25,30)17-8-6-15(7-9-17)14-2-4-16(5-3-14)18-12-19-21(10-11-23(28)29)26-27-22(19)13-20(18)24/h2-9,12-13,25H,10-11H2,1H3,(H,26,27)(H,28,29). The third kappa shape index (κ3) is 4.47. The summed E-state index contributed by atoms with van der Waals surface area (Å²) < 4.78 is 19.5. The van der Waals surface area contributed by atoms with E-state index in [9.17, 15) is 9.00 Å². The minimum absolute atomic E-state index is 0.0125. The molecule has 0 amide bonds. The first-order valence-electron chi connectivity index (χ1n) is 9.55. The lowest BCUT2D eigenvalue weighted by molar-refractivity contribution is -0.136. The van der Waals surface area contributed by atoms with Crippen LogP contribution in [0.4, 0.5) is 0 Å². The summed E-state index contributed by atoms with van der Waals surface area (Å²) in [7, 11) is -2.73. The molecular weight excluding hydrogens is 434 g/mol. The number of rotatable bonds is 6. The van der Waals surface area contributed by atoms with Gasteiger partial charge in [-0.2, -0.15) is 5.10 Å². The largest absolute Gasteiger partial charge is 0.481 e. The fourth-order valence-corrected chi connectivity index (χ4v) is 4.41. The summed E-state index contributed by atoms with van der Waals surface area (Å²) in [5.41, 5.74) is 5.20. The van der Waals surface area contributed by atoms with Crippen LogP contribution < -0.4 is 0 Å². The Labute approximate surface area is 184 Å². The molecule has 0 bridgehead atoms. The number of nitrogens with one attached hydrogen (secondary N) is 2. The minimum Gasteiger partial charge on any atom is -0.481 e. The summed E-state index contributed by atoms with van der Waals surface area (Å²) in [4.78, 5) is 11.4. The highest BCUT2D eigenvalue weighted by molar-refractivity contribution is 7.91. The van der Waals surface area contributed by atoms with Gasteiger partial charge >= 0.3 is 5.97 Å². The van der Waals surface area contributed by atoms with E-state index in [0.717, 1.165) is 33.2 Å². The van der Waals surface area contributed by atoms with Gasteiger partial charge in [0.2, 0.25) is 0 Å². The number of benzene rings is 3. The van der Waals surface area contributed by atoms with E-state index in [1.165, 1.54) is 6.26 Å². The molecule has 0 fully saturated rings. The smallest absolute Gasteiger partial charge is 0.303 e. The van der Waals surface area contributed by atoms with Crippen LogP contribution in [0.2, 0.25) is 5.02 Å². The Hall–Kier alpha value is -3.16. The number of carboxylic acids is 1. The minimum atomic E-state index is -2.73. The van der Waals surface area contributed by atoms with Gasteiger partial charge in [-0.15, -0.1) is 0 Å². The number of aromatic amines is 1. The number of fused-ring (bicyclic) bond motifs is 1. The Morgan fingerprint density at radius 3 is 2.23 bits per heavy atom. The van der Waals surface area contributed by atoms with Gasteiger partial charge in [0.15, 0.2) is 0 Å². The highest BCUT2D eigenvalue weighted by Crippen LogP contribution is 2.34. The summed E-state index contributed by atoms with van der Waals surface area (Å²) >= 11 is 6.50. The van der Waals surface area contributed by atoms with Gasteiger partial charge in [0.1, 0.15) is 0 Å². The van der Waals surface area contributed by atoms with Crippen molar-refractivity contribution in [3.8, 4) is 22.3 Å². The first-order chi connectivity index (χ1) is 14.7. The monoisotopic (exact) mass is 453 g/mol. The number of halogens is 1. The van der Waals surface area contributed by atoms with Gasteiger partial charge < -0.3 is 5.11 Å². The van der Waals surface area contributed by atoms with Crippen molar-refractivity contribution in [2.75, 3.05) is 6.26 Å².